The van der Waals surface area contributed by atoms with E-state index in [-0.39, 0.29) is 17.9 Å². The van der Waals surface area contributed by atoms with Crippen molar-refractivity contribution in [3.8, 4) is 5.75 Å². The molecule has 1 aromatic carbocycles. The molecular formula is C18H26N2O3. The number of nitrogens with zero attached hydrogens (tertiary/aromatic N) is 1. The molecule has 1 atom stereocenters. The predicted octanol–water partition coefficient (Wildman–Crippen LogP) is 2.58. The summed E-state index contributed by atoms with van der Waals surface area (Å²) in [4.78, 5) is 25.7. The monoisotopic (exact) mass is 318 g/mol. The number of rotatable bonds is 6. The van der Waals surface area contributed by atoms with Gasteiger partial charge in [-0.05, 0) is 43.4 Å². The van der Waals surface area contributed by atoms with Crippen LogP contribution in [0.1, 0.15) is 49.3 Å². The Hall–Kier alpha value is -2.04. The summed E-state index contributed by atoms with van der Waals surface area (Å²) in [7, 11) is 3.28. The van der Waals surface area contributed by atoms with Crippen molar-refractivity contribution in [1.82, 2.24) is 10.2 Å². The van der Waals surface area contributed by atoms with Gasteiger partial charge in [-0.2, -0.15) is 0 Å². The van der Waals surface area contributed by atoms with Gasteiger partial charge in [0.05, 0.1) is 13.2 Å². The normalized spacial score (nSPS) is 17.2. The van der Waals surface area contributed by atoms with Crippen LogP contribution in [-0.2, 0) is 9.59 Å². The summed E-state index contributed by atoms with van der Waals surface area (Å²) in [6.45, 7) is 2.82. The molecule has 0 aliphatic carbocycles. The molecule has 2 rings (SSSR count). The zero-order valence-electron chi connectivity index (χ0n) is 14.2. The van der Waals surface area contributed by atoms with Gasteiger partial charge in [0.1, 0.15) is 5.75 Å². The van der Waals surface area contributed by atoms with Crippen molar-refractivity contribution in [2.45, 2.75) is 45.1 Å². The quantitative estimate of drug-likeness (QED) is 0.877. The maximum absolute atomic E-state index is 12.5. The largest absolute Gasteiger partial charge is 0.496 e. The number of amides is 2. The first-order valence-corrected chi connectivity index (χ1v) is 8.21. The molecule has 1 N–H and O–H groups in total. The van der Waals surface area contributed by atoms with E-state index in [0.717, 1.165) is 30.7 Å². The summed E-state index contributed by atoms with van der Waals surface area (Å²) >= 11 is 0. The first kappa shape index (κ1) is 17.3. The molecule has 1 fully saturated rings. The summed E-state index contributed by atoms with van der Waals surface area (Å²) in [5.74, 6) is 1.00. The molecule has 0 bridgehead atoms. The lowest BCUT2D eigenvalue weighted by molar-refractivity contribution is -0.132. The van der Waals surface area contributed by atoms with Crippen LogP contribution in [0.15, 0.2) is 18.2 Å². The van der Waals surface area contributed by atoms with Crippen LogP contribution in [0.4, 0.5) is 0 Å². The molecule has 0 spiro atoms. The second kappa shape index (κ2) is 7.99. The van der Waals surface area contributed by atoms with Gasteiger partial charge in [0.2, 0.25) is 11.8 Å². The number of carbonyl (C=O) groups is 2. The third kappa shape index (κ3) is 4.24. The third-order valence-electron chi connectivity index (χ3n) is 4.45. The molecule has 5 nitrogen and oxygen atoms in total. The van der Waals surface area contributed by atoms with Gasteiger partial charge in [-0.15, -0.1) is 0 Å². The van der Waals surface area contributed by atoms with E-state index in [0.29, 0.717) is 19.3 Å². The highest BCUT2D eigenvalue weighted by Crippen LogP contribution is 2.34. The van der Waals surface area contributed by atoms with E-state index in [1.807, 2.05) is 24.0 Å². The van der Waals surface area contributed by atoms with Gasteiger partial charge >= 0.3 is 0 Å². The maximum atomic E-state index is 12.5. The van der Waals surface area contributed by atoms with E-state index in [2.05, 4.69) is 11.4 Å². The summed E-state index contributed by atoms with van der Waals surface area (Å²) in [5.41, 5.74) is 2.25. The minimum Gasteiger partial charge on any atom is -0.496 e. The van der Waals surface area contributed by atoms with E-state index >= 15 is 0 Å². The molecule has 0 aromatic heterocycles. The fourth-order valence-electron chi connectivity index (χ4n) is 3.19. The Bertz CT molecular complexity index is 571. The Balaban J connectivity index is 2.00. The summed E-state index contributed by atoms with van der Waals surface area (Å²) < 4.78 is 5.30. The van der Waals surface area contributed by atoms with Gasteiger partial charge in [-0.3, -0.25) is 9.59 Å². The average molecular weight is 318 g/mol. The molecule has 1 aromatic rings. The Kier molecular flexibility index (Phi) is 6.02. The van der Waals surface area contributed by atoms with Crippen LogP contribution in [0.25, 0.3) is 0 Å². The van der Waals surface area contributed by atoms with Crippen LogP contribution in [0.5, 0.6) is 5.75 Å². The summed E-state index contributed by atoms with van der Waals surface area (Å²) in [5, 5.41) is 2.58. The van der Waals surface area contributed by atoms with Crippen LogP contribution in [0.2, 0.25) is 0 Å². The predicted molar refractivity (Wildman–Crippen MR) is 89.3 cm³/mol. The first-order chi connectivity index (χ1) is 11.1. The van der Waals surface area contributed by atoms with E-state index < -0.39 is 0 Å². The average Bonchev–Trinajstić information content (AvgIpc) is 3.04. The standard InChI is InChI=1S/C18H26N2O3/c1-13-12-14(9-10-16(13)23-3)15-6-5-11-20(15)18(22)8-4-7-17(21)19-2/h9-10,12,15H,4-8,11H2,1-3H3,(H,19,21)/t15-/m0/s1. The zero-order valence-corrected chi connectivity index (χ0v) is 14.2. The Morgan fingerprint density at radius 2 is 2.13 bits per heavy atom. The highest BCUT2D eigenvalue weighted by molar-refractivity contribution is 5.79. The molecular weight excluding hydrogens is 292 g/mol. The number of ether oxygens (including phenoxy) is 1. The zero-order chi connectivity index (χ0) is 16.8. The van der Waals surface area contributed by atoms with Gasteiger partial charge in [0.25, 0.3) is 0 Å². The summed E-state index contributed by atoms with van der Waals surface area (Å²) in [6, 6.07) is 6.27. The number of methoxy groups -OCH3 is 1. The van der Waals surface area contributed by atoms with Crippen LogP contribution >= 0.6 is 0 Å². The number of nitrogens with one attached hydrogen (secondary N) is 1. The molecule has 5 heteroatoms. The van der Waals surface area contributed by atoms with Crippen molar-refractivity contribution in [1.29, 1.82) is 0 Å². The van der Waals surface area contributed by atoms with Gasteiger partial charge in [-0.1, -0.05) is 12.1 Å². The molecule has 23 heavy (non-hydrogen) atoms. The number of hydrogen-bond acceptors (Lipinski definition) is 3. The van der Waals surface area contributed by atoms with E-state index in [1.54, 1.807) is 14.2 Å². The molecule has 1 aliphatic rings. The molecule has 2 amide bonds. The van der Waals surface area contributed by atoms with Crippen LogP contribution in [0, 0.1) is 6.92 Å². The smallest absolute Gasteiger partial charge is 0.223 e. The minimum atomic E-state index is -0.0125. The Morgan fingerprint density at radius 1 is 1.35 bits per heavy atom. The van der Waals surface area contributed by atoms with E-state index in [4.69, 9.17) is 4.74 Å². The molecule has 1 heterocycles. The number of aryl methyl sites for hydroxylation is 1. The first-order valence-electron chi connectivity index (χ1n) is 8.21. The van der Waals surface area contributed by atoms with Crippen molar-refractivity contribution in [2.75, 3.05) is 20.7 Å². The fraction of sp³-hybridized carbons (Fsp3) is 0.556. The molecule has 0 saturated carbocycles. The van der Waals surface area contributed by atoms with Gasteiger partial charge < -0.3 is 15.0 Å². The highest BCUT2D eigenvalue weighted by Gasteiger charge is 2.29. The summed E-state index contributed by atoms with van der Waals surface area (Å²) in [6.07, 6.45) is 3.45. The SMILES string of the molecule is CNC(=O)CCCC(=O)N1CCC[C@H]1c1ccc(OC)c(C)c1. The second-order valence-corrected chi connectivity index (χ2v) is 6.00. The van der Waals surface area contributed by atoms with Gasteiger partial charge in [-0.25, -0.2) is 0 Å². The van der Waals surface area contributed by atoms with Crippen LogP contribution in [0.3, 0.4) is 0 Å². The lowest BCUT2D eigenvalue weighted by Crippen LogP contribution is -2.30. The Morgan fingerprint density at radius 3 is 2.78 bits per heavy atom. The number of benzene rings is 1. The maximum Gasteiger partial charge on any atom is 0.223 e. The van der Waals surface area contributed by atoms with Gasteiger partial charge in [0.15, 0.2) is 0 Å². The van der Waals surface area contributed by atoms with E-state index in [9.17, 15) is 9.59 Å². The van der Waals surface area contributed by atoms with Crippen molar-refractivity contribution < 1.29 is 14.3 Å². The van der Waals surface area contributed by atoms with Crippen molar-refractivity contribution in [3.05, 3.63) is 29.3 Å². The Labute approximate surface area is 138 Å². The number of likely N-dealkylation sites (tertiary alicyclic amines) is 1. The minimum absolute atomic E-state index is 0.0125. The van der Waals surface area contributed by atoms with Crippen molar-refractivity contribution >= 4 is 11.8 Å². The molecule has 0 unspecified atom stereocenters. The lowest BCUT2D eigenvalue weighted by Gasteiger charge is -2.25. The lowest BCUT2D eigenvalue weighted by atomic mass is 10.0. The highest BCUT2D eigenvalue weighted by atomic mass is 16.5. The molecule has 1 saturated heterocycles. The molecule has 0 radical (unpaired) electrons. The van der Waals surface area contributed by atoms with Crippen molar-refractivity contribution in [3.63, 3.8) is 0 Å². The topological polar surface area (TPSA) is 58.6 Å². The third-order valence-corrected chi connectivity index (χ3v) is 4.45. The van der Waals surface area contributed by atoms with Crippen molar-refractivity contribution in [2.24, 2.45) is 0 Å². The molecule has 126 valence electrons. The molecule has 1 aliphatic heterocycles. The second-order valence-electron chi connectivity index (χ2n) is 6.00. The number of carbonyl (C=O) groups excluding carboxylic acids is 2. The van der Waals surface area contributed by atoms with E-state index in [1.165, 1.54) is 5.56 Å². The fourth-order valence-corrected chi connectivity index (χ4v) is 3.19. The van der Waals surface area contributed by atoms with Crippen LogP contribution in [-0.4, -0.2) is 37.4 Å². The number of hydrogen-bond donors (Lipinski definition) is 1. The van der Waals surface area contributed by atoms with Crippen LogP contribution < -0.4 is 10.1 Å². The van der Waals surface area contributed by atoms with Gasteiger partial charge in [0, 0.05) is 26.4 Å².